The van der Waals surface area contributed by atoms with Crippen LogP contribution in [-0.4, -0.2) is 6.29 Å². The smallest absolute Gasteiger partial charge is 0.145 e. The largest absolute Gasteiger partial charge is 0.298 e. The van der Waals surface area contributed by atoms with E-state index in [0.29, 0.717) is 6.29 Å². The maximum Gasteiger partial charge on any atom is 0.145 e. The van der Waals surface area contributed by atoms with E-state index < -0.39 is 0 Å². The number of carbonyl (C=O) groups excluding carboxylic acids is 1. The average Bonchev–Trinajstić information content (AvgIpc) is 1.41. The van der Waals surface area contributed by atoms with E-state index in [0.717, 1.165) is 6.08 Å². The Morgan fingerprint density at radius 3 is 2.20 bits per heavy atom. The van der Waals surface area contributed by atoms with Crippen LogP contribution in [0.3, 0.4) is 0 Å². The zero-order chi connectivity index (χ0) is 4.12. The van der Waals surface area contributed by atoms with Crippen LogP contribution in [0.15, 0.2) is 12.4 Å². The van der Waals surface area contributed by atoms with Gasteiger partial charge in [-0.3, -0.25) is 4.79 Å². The highest BCUT2D eigenvalue weighted by Gasteiger charge is 1.51. The van der Waals surface area contributed by atoms with Crippen molar-refractivity contribution in [3.8, 4) is 0 Å². The first-order valence-electron chi connectivity index (χ1n) is 1.12. The first-order valence-corrected chi connectivity index (χ1v) is 1.12. The predicted octanol–water partition coefficient (Wildman–Crippen LogP) is 0.668. The Morgan fingerprint density at radius 2 is 2.20 bits per heavy atom. The Balaban J connectivity index is 2.92. The van der Waals surface area contributed by atoms with Crippen molar-refractivity contribution in [3.63, 3.8) is 0 Å². The van der Waals surface area contributed by atoms with Gasteiger partial charge < -0.3 is 0 Å². The van der Waals surface area contributed by atoms with E-state index >= 15 is 0 Å². The van der Waals surface area contributed by atoms with Crippen molar-refractivity contribution in [3.05, 3.63) is 12.4 Å². The third-order valence-corrected chi connectivity index (χ3v) is 0.151. The molecule has 0 N–H and O–H groups in total. The molecule has 0 saturated carbocycles. The van der Waals surface area contributed by atoms with Crippen molar-refractivity contribution in [2.24, 2.45) is 0 Å². The standard InChI is InChI=1S/C3H3FO/c4-2-1-3-5/h1-3H/b2-1-. The molecule has 0 saturated heterocycles. The second-order valence-electron chi connectivity index (χ2n) is 0.455. The first-order chi connectivity index (χ1) is 2.41. The van der Waals surface area contributed by atoms with Crippen LogP contribution in [0.2, 0.25) is 0 Å². The molecule has 0 aromatic rings. The van der Waals surface area contributed by atoms with Crippen LogP contribution in [0.25, 0.3) is 0 Å². The van der Waals surface area contributed by atoms with Crippen molar-refractivity contribution in [1.82, 2.24) is 0 Å². The minimum atomic E-state index is 0.188. The molecule has 0 spiro atoms. The lowest BCUT2D eigenvalue weighted by molar-refractivity contribution is -0.104. The summed E-state index contributed by atoms with van der Waals surface area (Å²) in [6.07, 6.45) is 1.34. The number of hydrogen-bond acceptors (Lipinski definition) is 1. The summed E-state index contributed by atoms with van der Waals surface area (Å²) >= 11 is 0. The van der Waals surface area contributed by atoms with Gasteiger partial charge in [-0.05, 0) is 0 Å². The second-order valence-corrected chi connectivity index (χ2v) is 0.455. The molecule has 0 aliphatic rings. The summed E-state index contributed by atoms with van der Waals surface area (Å²) in [7, 11) is 0. The van der Waals surface area contributed by atoms with E-state index in [9.17, 15) is 4.39 Å². The molecule has 0 rings (SSSR count). The molecule has 0 radical (unpaired) electrons. The lowest BCUT2D eigenvalue weighted by atomic mass is 10.7. The van der Waals surface area contributed by atoms with E-state index in [2.05, 4.69) is 0 Å². The molecule has 28 valence electrons. The van der Waals surface area contributed by atoms with E-state index in [-0.39, 0.29) is 6.33 Å². The third kappa shape index (κ3) is 3.34. The fourth-order valence-electron chi connectivity index (χ4n) is 0.0297. The van der Waals surface area contributed by atoms with Gasteiger partial charge in [0, 0.05) is 6.08 Å². The minimum absolute atomic E-state index is 0.188. The van der Waals surface area contributed by atoms with Crippen molar-refractivity contribution in [2.75, 3.05) is 0 Å². The van der Waals surface area contributed by atoms with Gasteiger partial charge >= 0.3 is 0 Å². The quantitative estimate of drug-likeness (QED) is 0.330. The molecule has 0 bridgehead atoms. The highest BCUT2D eigenvalue weighted by molar-refractivity contribution is 5.63. The van der Waals surface area contributed by atoms with E-state index in [1.807, 2.05) is 0 Å². The molecule has 0 aromatic heterocycles. The van der Waals surface area contributed by atoms with E-state index in [1.165, 1.54) is 0 Å². The fraction of sp³-hybridized carbons (Fsp3) is 0. The maximum absolute atomic E-state index is 10.6. The molecule has 1 nitrogen and oxygen atoms in total. The minimum Gasteiger partial charge on any atom is -0.298 e. The average molecular weight is 74.1 g/mol. The maximum atomic E-state index is 10.6. The zero-order valence-corrected chi connectivity index (χ0v) is 2.52. The zero-order valence-electron chi connectivity index (χ0n) is 2.52. The van der Waals surface area contributed by atoms with Crippen molar-refractivity contribution in [1.29, 1.82) is 0 Å². The Bertz CT molecular complexity index is 48.9. The SMILES string of the molecule is O=C/C=C\F. The molecule has 0 aromatic carbocycles. The van der Waals surface area contributed by atoms with E-state index in [4.69, 9.17) is 4.79 Å². The predicted molar refractivity (Wildman–Crippen MR) is 16.3 cm³/mol. The highest BCUT2D eigenvalue weighted by Crippen LogP contribution is 1.61. The van der Waals surface area contributed by atoms with Gasteiger partial charge in [0.15, 0.2) is 0 Å². The fourth-order valence-corrected chi connectivity index (χ4v) is 0.0297. The summed E-state index contributed by atoms with van der Waals surface area (Å²) in [5.74, 6) is 0. The molecule has 0 fully saturated rings. The molecule has 0 unspecified atom stereocenters. The first kappa shape index (κ1) is 4.34. The monoisotopic (exact) mass is 74.0 g/mol. The van der Waals surface area contributed by atoms with Crippen molar-refractivity contribution in [2.45, 2.75) is 0 Å². The third-order valence-electron chi connectivity index (χ3n) is 0.151. The Hall–Kier alpha value is -0.660. The lowest BCUT2D eigenvalue weighted by Crippen LogP contribution is -1.49. The molecule has 0 atom stereocenters. The van der Waals surface area contributed by atoms with Crippen LogP contribution in [-0.2, 0) is 4.79 Å². The summed E-state index contributed by atoms with van der Waals surface area (Å²) < 4.78 is 10.6. The number of aldehydes is 1. The molecular formula is C3H3FO. The number of halogens is 1. The Kier molecular flexibility index (Phi) is 2.90. The van der Waals surface area contributed by atoms with Gasteiger partial charge in [0.25, 0.3) is 0 Å². The van der Waals surface area contributed by atoms with Gasteiger partial charge in [-0.1, -0.05) is 0 Å². The molecule has 0 aliphatic carbocycles. The van der Waals surface area contributed by atoms with Gasteiger partial charge in [0.05, 0.1) is 6.33 Å². The molecule has 0 aliphatic heterocycles. The Labute approximate surface area is 29.1 Å². The van der Waals surface area contributed by atoms with Crippen LogP contribution in [0, 0.1) is 0 Å². The van der Waals surface area contributed by atoms with E-state index in [1.54, 1.807) is 0 Å². The van der Waals surface area contributed by atoms with Gasteiger partial charge in [0.2, 0.25) is 0 Å². The van der Waals surface area contributed by atoms with Gasteiger partial charge in [-0.15, -0.1) is 0 Å². The topological polar surface area (TPSA) is 17.1 Å². The van der Waals surface area contributed by atoms with Crippen LogP contribution in [0.5, 0.6) is 0 Å². The molecule has 0 heterocycles. The molecule has 2 heteroatoms. The Morgan fingerprint density at radius 1 is 1.60 bits per heavy atom. The summed E-state index contributed by atoms with van der Waals surface area (Å²) in [5, 5.41) is 0. The van der Waals surface area contributed by atoms with Crippen LogP contribution in [0.4, 0.5) is 4.39 Å². The number of allylic oxidation sites excluding steroid dienone is 1. The number of carbonyl (C=O) groups is 1. The van der Waals surface area contributed by atoms with Gasteiger partial charge in [-0.25, -0.2) is 4.39 Å². The normalized spacial score (nSPS) is 9.00. The van der Waals surface area contributed by atoms with Crippen LogP contribution >= 0.6 is 0 Å². The second kappa shape index (κ2) is 3.34. The van der Waals surface area contributed by atoms with Crippen LogP contribution < -0.4 is 0 Å². The summed E-state index contributed by atoms with van der Waals surface area (Å²) in [4.78, 5) is 9.08. The van der Waals surface area contributed by atoms with Gasteiger partial charge in [0.1, 0.15) is 6.29 Å². The van der Waals surface area contributed by atoms with Gasteiger partial charge in [-0.2, -0.15) is 0 Å². The number of rotatable bonds is 1. The molecule has 0 amide bonds. The van der Waals surface area contributed by atoms with Crippen molar-refractivity contribution >= 4 is 6.29 Å². The van der Waals surface area contributed by atoms with Crippen molar-refractivity contribution < 1.29 is 9.18 Å². The number of hydrogen-bond donors (Lipinski definition) is 0. The molecule has 5 heavy (non-hydrogen) atoms. The highest BCUT2D eigenvalue weighted by atomic mass is 19.1. The summed E-state index contributed by atoms with van der Waals surface area (Å²) in [6, 6.07) is 0. The summed E-state index contributed by atoms with van der Waals surface area (Å²) in [5.41, 5.74) is 0. The molecular weight excluding hydrogens is 71.0 g/mol. The lowest BCUT2D eigenvalue weighted by Gasteiger charge is -1.48. The summed E-state index contributed by atoms with van der Waals surface area (Å²) in [6.45, 7) is 0. The van der Waals surface area contributed by atoms with Crippen LogP contribution in [0.1, 0.15) is 0 Å².